The van der Waals surface area contributed by atoms with Gasteiger partial charge in [-0.1, -0.05) is 12.8 Å². The van der Waals surface area contributed by atoms with E-state index >= 15 is 0 Å². The summed E-state index contributed by atoms with van der Waals surface area (Å²) < 4.78 is 5.30. The first-order chi connectivity index (χ1) is 8.27. The molecule has 98 valence electrons. The predicted octanol–water partition coefficient (Wildman–Crippen LogP) is 1.60. The molecular weight excluding hydrogens is 218 g/mol. The first kappa shape index (κ1) is 12.8. The largest absolute Gasteiger partial charge is 0.481 e. The highest BCUT2D eigenvalue weighted by Crippen LogP contribution is 2.33. The molecule has 0 spiro atoms. The van der Waals surface area contributed by atoms with Crippen LogP contribution in [0.25, 0.3) is 0 Å². The molecule has 0 bridgehead atoms. The molecule has 1 N–H and O–H groups in total. The van der Waals surface area contributed by atoms with E-state index in [1.54, 1.807) is 0 Å². The number of nitrogens with zero attached hydrogens (tertiary/aromatic N) is 1. The van der Waals surface area contributed by atoms with Gasteiger partial charge >= 0.3 is 5.97 Å². The van der Waals surface area contributed by atoms with Gasteiger partial charge in [-0.25, -0.2) is 0 Å². The molecule has 1 saturated carbocycles. The Hall–Kier alpha value is -0.610. The van der Waals surface area contributed by atoms with Crippen LogP contribution in [0, 0.1) is 11.8 Å². The van der Waals surface area contributed by atoms with Crippen LogP contribution in [-0.2, 0) is 9.53 Å². The summed E-state index contributed by atoms with van der Waals surface area (Å²) in [5.74, 6) is -0.293. The summed E-state index contributed by atoms with van der Waals surface area (Å²) in [7, 11) is 0. The highest BCUT2D eigenvalue weighted by atomic mass is 16.5. The van der Waals surface area contributed by atoms with E-state index in [1.807, 2.05) is 0 Å². The molecule has 0 radical (unpaired) electrons. The summed E-state index contributed by atoms with van der Waals surface area (Å²) in [4.78, 5) is 13.6. The summed E-state index contributed by atoms with van der Waals surface area (Å²) in [6, 6.07) is 0. The third-order valence-corrected chi connectivity index (χ3v) is 4.15. The third-order valence-electron chi connectivity index (χ3n) is 4.15. The number of ether oxygens (including phenoxy) is 1. The second kappa shape index (κ2) is 6.36. The Balaban J connectivity index is 1.78. The number of aliphatic carboxylic acids is 1. The van der Waals surface area contributed by atoms with Gasteiger partial charge in [-0.2, -0.15) is 0 Å². The second-order valence-corrected chi connectivity index (χ2v) is 5.23. The van der Waals surface area contributed by atoms with E-state index in [4.69, 9.17) is 4.74 Å². The minimum atomic E-state index is -0.592. The highest BCUT2D eigenvalue weighted by molar-refractivity contribution is 5.70. The molecule has 0 aromatic heterocycles. The quantitative estimate of drug-likeness (QED) is 0.794. The van der Waals surface area contributed by atoms with Gasteiger partial charge < -0.3 is 9.84 Å². The van der Waals surface area contributed by atoms with E-state index in [2.05, 4.69) is 4.90 Å². The minimum Gasteiger partial charge on any atom is -0.481 e. The fraction of sp³-hybridized carbons (Fsp3) is 0.923. The lowest BCUT2D eigenvalue weighted by Crippen LogP contribution is -2.38. The lowest BCUT2D eigenvalue weighted by molar-refractivity contribution is -0.144. The lowest BCUT2D eigenvalue weighted by Gasteiger charge is -2.28. The standard InChI is InChI=1S/C13H23NO3/c15-13(16)12(11-3-1-2-4-11)5-6-14-7-9-17-10-8-14/h11-12H,1-10H2,(H,15,16). The van der Waals surface area contributed by atoms with Crippen LogP contribution >= 0.6 is 0 Å². The van der Waals surface area contributed by atoms with E-state index in [9.17, 15) is 9.90 Å². The molecule has 2 aliphatic rings. The van der Waals surface area contributed by atoms with Crippen molar-refractivity contribution < 1.29 is 14.6 Å². The first-order valence-corrected chi connectivity index (χ1v) is 6.80. The summed E-state index contributed by atoms with van der Waals surface area (Å²) >= 11 is 0. The molecule has 1 atom stereocenters. The van der Waals surface area contributed by atoms with Gasteiger partial charge in [-0.3, -0.25) is 9.69 Å². The van der Waals surface area contributed by atoms with E-state index in [0.717, 1.165) is 52.1 Å². The molecule has 17 heavy (non-hydrogen) atoms. The third kappa shape index (κ3) is 3.68. The van der Waals surface area contributed by atoms with Crippen LogP contribution in [0.3, 0.4) is 0 Å². The Labute approximate surface area is 103 Å². The Morgan fingerprint density at radius 2 is 1.94 bits per heavy atom. The van der Waals surface area contributed by atoms with Gasteiger partial charge in [-0.15, -0.1) is 0 Å². The number of carboxylic acid groups (broad SMARTS) is 1. The van der Waals surface area contributed by atoms with E-state index < -0.39 is 5.97 Å². The zero-order chi connectivity index (χ0) is 12.1. The van der Waals surface area contributed by atoms with Crippen molar-refractivity contribution in [2.45, 2.75) is 32.1 Å². The van der Waals surface area contributed by atoms with E-state index in [-0.39, 0.29) is 5.92 Å². The zero-order valence-electron chi connectivity index (χ0n) is 10.4. The summed E-state index contributed by atoms with van der Waals surface area (Å²) in [6.45, 7) is 4.41. The minimum absolute atomic E-state index is 0.125. The molecule has 1 saturated heterocycles. The fourth-order valence-electron chi connectivity index (χ4n) is 3.07. The van der Waals surface area contributed by atoms with Gasteiger partial charge in [0, 0.05) is 13.1 Å². The van der Waals surface area contributed by atoms with Crippen LogP contribution in [0.15, 0.2) is 0 Å². The van der Waals surface area contributed by atoms with Crippen molar-refractivity contribution in [2.24, 2.45) is 11.8 Å². The highest BCUT2D eigenvalue weighted by Gasteiger charge is 2.30. The molecule has 2 rings (SSSR count). The van der Waals surface area contributed by atoms with Crippen molar-refractivity contribution in [3.05, 3.63) is 0 Å². The van der Waals surface area contributed by atoms with Gasteiger partial charge in [0.15, 0.2) is 0 Å². The number of hydrogen-bond donors (Lipinski definition) is 1. The van der Waals surface area contributed by atoms with Crippen LogP contribution in [0.2, 0.25) is 0 Å². The maximum Gasteiger partial charge on any atom is 0.306 e. The van der Waals surface area contributed by atoms with E-state index in [0.29, 0.717) is 5.92 Å². The average molecular weight is 241 g/mol. The number of hydrogen-bond acceptors (Lipinski definition) is 3. The van der Waals surface area contributed by atoms with Gasteiger partial charge in [0.2, 0.25) is 0 Å². The number of carboxylic acids is 1. The smallest absolute Gasteiger partial charge is 0.306 e. The number of rotatable bonds is 5. The van der Waals surface area contributed by atoms with Crippen LogP contribution in [0.5, 0.6) is 0 Å². The maximum absolute atomic E-state index is 11.3. The molecule has 2 fully saturated rings. The Morgan fingerprint density at radius 1 is 1.29 bits per heavy atom. The van der Waals surface area contributed by atoms with Crippen molar-refractivity contribution >= 4 is 5.97 Å². The van der Waals surface area contributed by atoms with Crippen LogP contribution in [-0.4, -0.2) is 48.8 Å². The van der Waals surface area contributed by atoms with E-state index in [1.165, 1.54) is 12.8 Å². The molecule has 1 heterocycles. The van der Waals surface area contributed by atoms with Gasteiger partial charge in [0.05, 0.1) is 19.1 Å². The lowest BCUT2D eigenvalue weighted by atomic mass is 9.88. The molecule has 1 aliphatic carbocycles. The summed E-state index contributed by atoms with van der Waals surface area (Å²) in [5.41, 5.74) is 0. The zero-order valence-corrected chi connectivity index (χ0v) is 10.4. The van der Waals surface area contributed by atoms with Gasteiger partial charge in [0.25, 0.3) is 0 Å². The van der Waals surface area contributed by atoms with Crippen molar-refractivity contribution in [1.29, 1.82) is 0 Å². The molecular formula is C13H23NO3. The SMILES string of the molecule is O=C(O)C(CCN1CCOCC1)C1CCCC1. The molecule has 4 heteroatoms. The predicted molar refractivity (Wildman–Crippen MR) is 65.0 cm³/mol. The maximum atomic E-state index is 11.3. The molecule has 1 unspecified atom stereocenters. The molecule has 0 aromatic carbocycles. The molecule has 4 nitrogen and oxygen atoms in total. The monoisotopic (exact) mass is 241 g/mol. The Morgan fingerprint density at radius 3 is 2.53 bits per heavy atom. The van der Waals surface area contributed by atoms with Crippen molar-refractivity contribution in [3.63, 3.8) is 0 Å². The number of carbonyl (C=O) groups is 1. The Kier molecular flexibility index (Phi) is 4.80. The first-order valence-electron chi connectivity index (χ1n) is 6.80. The summed E-state index contributed by atoms with van der Waals surface area (Å²) in [5, 5.41) is 9.32. The average Bonchev–Trinajstić information content (AvgIpc) is 2.84. The normalized spacial score (nSPS) is 24.9. The summed E-state index contributed by atoms with van der Waals surface area (Å²) in [6.07, 6.45) is 5.46. The van der Waals surface area contributed by atoms with Crippen molar-refractivity contribution in [1.82, 2.24) is 4.90 Å². The number of morpholine rings is 1. The molecule has 0 aromatic rings. The Bertz CT molecular complexity index is 245. The molecule has 0 amide bonds. The van der Waals surface area contributed by atoms with Crippen LogP contribution in [0.4, 0.5) is 0 Å². The van der Waals surface area contributed by atoms with Crippen molar-refractivity contribution in [3.8, 4) is 0 Å². The van der Waals surface area contributed by atoms with Gasteiger partial charge in [0.1, 0.15) is 0 Å². The fourth-order valence-corrected chi connectivity index (χ4v) is 3.07. The molecule has 1 aliphatic heterocycles. The van der Waals surface area contributed by atoms with Gasteiger partial charge in [-0.05, 0) is 31.7 Å². The van der Waals surface area contributed by atoms with Crippen LogP contribution in [0.1, 0.15) is 32.1 Å². The van der Waals surface area contributed by atoms with Crippen molar-refractivity contribution in [2.75, 3.05) is 32.8 Å². The second-order valence-electron chi connectivity index (χ2n) is 5.23. The topological polar surface area (TPSA) is 49.8 Å². The van der Waals surface area contributed by atoms with Crippen LogP contribution < -0.4 is 0 Å².